The number of hydrogen-bond acceptors (Lipinski definition) is 4. The molecule has 2 N–H and O–H groups in total. The zero-order chi connectivity index (χ0) is 14.3. The van der Waals surface area contributed by atoms with E-state index < -0.39 is 0 Å². The molecule has 3 rings (SSSR count). The molecule has 0 aliphatic carbocycles. The van der Waals surface area contributed by atoms with E-state index in [1.54, 1.807) is 22.7 Å². The zero-order valence-electron chi connectivity index (χ0n) is 11.4. The first-order valence-electron chi connectivity index (χ1n) is 6.53. The maximum Gasteiger partial charge on any atom is 0.0766 e. The molecule has 0 amide bonds. The molecule has 3 aromatic rings. The number of thiophene rings is 2. The van der Waals surface area contributed by atoms with E-state index in [0.29, 0.717) is 0 Å². The number of nitrogens with two attached hydrogens (primary N) is 1. The van der Waals surface area contributed by atoms with Crippen molar-refractivity contribution in [1.82, 2.24) is 9.78 Å². The van der Waals surface area contributed by atoms with Gasteiger partial charge in [-0.3, -0.25) is 4.68 Å². The van der Waals surface area contributed by atoms with Crippen molar-refractivity contribution in [3.8, 4) is 0 Å². The Balaban J connectivity index is 1.87. The maximum absolute atomic E-state index is 6.39. The monoisotopic (exact) mass is 369 g/mol. The van der Waals surface area contributed by atoms with Crippen LogP contribution in [0, 0.1) is 0 Å². The predicted molar refractivity (Wildman–Crippen MR) is 90.6 cm³/mol. The van der Waals surface area contributed by atoms with Crippen LogP contribution in [-0.2, 0) is 19.9 Å². The molecular weight excluding hydrogens is 354 g/mol. The fourth-order valence-corrected chi connectivity index (χ4v) is 5.22. The van der Waals surface area contributed by atoms with Gasteiger partial charge in [0.25, 0.3) is 0 Å². The molecule has 1 atom stereocenters. The summed E-state index contributed by atoms with van der Waals surface area (Å²) >= 11 is 7.23. The summed E-state index contributed by atoms with van der Waals surface area (Å²) in [6.45, 7) is 2.12. The maximum atomic E-state index is 6.39. The summed E-state index contributed by atoms with van der Waals surface area (Å²) in [6, 6.07) is 4.41. The smallest absolute Gasteiger partial charge is 0.0766 e. The zero-order valence-corrected chi connectivity index (χ0v) is 14.6. The van der Waals surface area contributed by atoms with Crippen LogP contribution in [0.15, 0.2) is 22.0 Å². The van der Waals surface area contributed by atoms with E-state index in [1.807, 2.05) is 11.7 Å². The number of fused-ring (bicyclic) bond motifs is 1. The summed E-state index contributed by atoms with van der Waals surface area (Å²) in [5.41, 5.74) is 8.66. The number of halogens is 1. The van der Waals surface area contributed by atoms with Gasteiger partial charge in [0.2, 0.25) is 0 Å². The highest BCUT2D eigenvalue weighted by Crippen LogP contribution is 2.34. The van der Waals surface area contributed by atoms with Crippen molar-refractivity contribution >= 4 is 48.0 Å². The van der Waals surface area contributed by atoms with E-state index in [0.717, 1.165) is 23.0 Å². The van der Waals surface area contributed by atoms with Crippen molar-refractivity contribution in [3.05, 3.63) is 38.3 Å². The molecule has 3 aromatic heterocycles. The molecule has 0 radical (unpaired) electrons. The molecule has 20 heavy (non-hydrogen) atoms. The highest BCUT2D eigenvalue weighted by molar-refractivity contribution is 9.10. The Bertz CT molecular complexity index is 712. The van der Waals surface area contributed by atoms with Crippen LogP contribution >= 0.6 is 38.6 Å². The predicted octanol–water partition coefficient (Wildman–Crippen LogP) is 4.26. The molecule has 0 aliphatic rings. The number of nitrogens with zero attached hydrogens (tertiary/aromatic N) is 2. The average Bonchev–Trinajstić information content (AvgIpc) is 3.07. The SMILES string of the molecule is CCc1nn(C)c(CC(N)c2cc3sccc3s2)c1Br. The lowest BCUT2D eigenvalue weighted by Crippen LogP contribution is -2.14. The summed E-state index contributed by atoms with van der Waals surface area (Å²) in [5.74, 6) is 0. The van der Waals surface area contributed by atoms with E-state index in [2.05, 4.69) is 45.5 Å². The van der Waals surface area contributed by atoms with Gasteiger partial charge in [-0.05, 0) is 39.9 Å². The van der Waals surface area contributed by atoms with Crippen molar-refractivity contribution < 1.29 is 0 Å². The van der Waals surface area contributed by atoms with Crippen molar-refractivity contribution in [1.29, 1.82) is 0 Å². The molecule has 106 valence electrons. The van der Waals surface area contributed by atoms with Gasteiger partial charge >= 0.3 is 0 Å². The fourth-order valence-electron chi connectivity index (χ4n) is 2.32. The van der Waals surface area contributed by atoms with Crippen LogP contribution in [0.25, 0.3) is 9.40 Å². The van der Waals surface area contributed by atoms with Crippen LogP contribution in [0.3, 0.4) is 0 Å². The highest BCUT2D eigenvalue weighted by Gasteiger charge is 2.18. The van der Waals surface area contributed by atoms with Crippen LogP contribution in [0.4, 0.5) is 0 Å². The fraction of sp³-hybridized carbons (Fsp3) is 0.357. The van der Waals surface area contributed by atoms with Gasteiger partial charge in [-0.1, -0.05) is 6.92 Å². The van der Waals surface area contributed by atoms with Gasteiger partial charge in [0.15, 0.2) is 0 Å². The molecular formula is C14H16BrN3S2. The first-order chi connectivity index (χ1) is 9.60. The number of aromatic nitrogens is 2. The summed E-state index contributed by atoms with van der Waals surface area (Å²) in [4.78, 5) is 1.25. The number of rotatable bonds is 4. The second-order valence-electron chi connectivity index (χ2n) is 4.79. The molecule has 0 bridgehead atoms. The van der Waals surface area contributed by atoms with E-state index in [4.69, 9.17) is 5.73 Å². The molecule has 1 unspecified atom stereocenters. The Morgan fingerprint density at radius 3 is 2.90 bits per heavy atom. The molecule has 0 aliphatic heterocycles. The van der Waals surface area contributed by atoms with E-state index in [1.165, 1.54) is 20.0 Å². The van der Waals surface area contributed by atoms with Crippen LogP contribution in [0.5, 0.6) is 0 Å². The third-order valence-corrected chi connectivity index (χ3v) is 6.58. The molecule has 6 heteroatoms. The standard InChI is InChI=1S/C14H16BrN3S2/c1-3-9-14(15)10(18(2)17-9)6-8(16)12-7-13-11(20-12)4-5-19-13/h4-5,7-8H,3,6,16H2,1-2H3. The van der Waals surface area contributed by atoms with E-state index in [-0.39, 0.29) is 6.04 Å². The van der Waals surface area contributed by atoms with Gasteiger partial charge in [-0.25, -0.2) is 0 Å². The average molecular weight is 370 g/mol. The third-order valence-electron chi connectivity index (χ3n) is 3.44. The third kappa shape index (κ3) is 2.45. The Morgan fingerprint density at radius 1 is 1.45 bits per heavy atom. The molecule has 3 heterocycles. The van der Waals surface area contributed by atoms with Crippen molar-refractivity contribution in [2.75, 3.05) is 0 Å². The van der Waals surface area contributed by atoms with Gasteiger partial charge in [-0.2, -0.15) is 5.10 Å². The largest absolute Gasteiger partial charge is 0.323 e. The minimum Gasteiger partial charge on any atom is -0.323 e. The Morgan fingerprint density at radius 2 is 2.25 bits per heavy atom. The lowest BCUT2D eigenvalue weighted by molar-refractivity contribution is 0.643. The van der Waals surface area contributed by atoms with Crippen LogP contribution in [0.2, 0.25) is 0 Å². The summed E-state index contributed by atoms with van der Waals surface area (Å²) in [6.07, 6.45) is 1.73. The second-order valence-corrected chi connectivity index (χ2v) is 7.65. The summed E-state index contributed by atoms with van der Waals surface area (Å²) in [7, 11) is 1.99. The number of aryl methyl sites for hydroxylation is 2. The van der Waals surface area contributed by atoms with Gasteiger partial charge < -0.3 is 5.73 Å². The molecule has 0 fully saturated rings. The van der Waals surface area contributed by atoms with Gasteiger partial charge in [0.05, 0.1) is 15.9 Å². The lowest BCUT2D eigenvalue weighted by atomic mass is 10.1. The minimum absolute atomic E-state index is 0.0241. The highest BCUT2D eigenvalue weighted by atomic mass is 79.9. The van der Waals surface area contributed by atoms with Gasteiger partial charge in [0.1, 0.15) is 0 Å². The lowest BCUT2D eigenvalue weighted by Gasteiger charge is -2.10. The Labute approximate surface area is 134 Å². The molecule has 0 spiro atoms. The van der Waals surface area contributed by atoms with Crippen LogP contribution in [-0.4, -0.2) is 9.78 Å². The summed E-state index contributed by atoms with van der Waals surface area (Å²) < 4.78 is 5.72. The molecule has 0 aromatic carbocycles. The normalized spacial score (nSPS) is 13.2. The Hall–Kier alpha value is -0.690. The van der Waals surface area contributed by atoms with Crippen molar-refractivity contribution in [2.24, 2.45) is 12.8 Å². The molecule has 0 saturated carbocycles. The minimum atomic E-state index is 0.0241. The van der Waals surface area contributed by atoms with Crippen molar-refractivity contribution in [3.63, 3.8) is 0 Å². The van der Waals surface area contributed by atoms with Gasteiger partial charge in [-0.15, -0.1) is 22.7 Å². The molecule has 0 saturated heterocycles. The van der Waals surface area contributed by atoms with E-state index >= 15 is 0 Å². The van der Waals surface area contributed by atoms with Crippen LogP contribution in [0.1, 0.15) is 29.2 Å². The molecule has 3 nitrogen and oxygen atoms in total. The van der Waals surface area contributed by atoms with E-state index in [9.17, 15) is 0 Å². The number of hydrogen-bond donors (Lipinski definition) is 1. The van der Waals surface area contributed by atoms with Crippen molar-refractivity contribution in [2.45, 2.75) is 25.8 Å². The second kappa shape index (κ2) is 5.60. The first-order valence-corrected chi connectivity index (χ1v) is 9.01. The Kier molecular flexibility index (Phi) is 3.99. The van der Waals surface area contributed by atoms with Crippen LogP contribution < -0.4 is 5.73 Å². The van der Waals surface area contributed by atoms with Gasteiger partial charge in [0, 0.05) is 33.8 Å². The topological polar surface area (TPSA) is 43.8 Å². The first kappa shape index (κ1) is 14.3. The quantitative estimate of drug-likeness (QED) is 0.746. The summed E-state index contributed by atoms with van der Waals surface area (Å²) in [5, 5.41) is 6.65.